The van der Waals surface area contributed by atoms with Crippen LogP contribution in [0.5, 0.6) is 0 Å². The SMILES string of the molecule is C=CCn1c(CC(=O)Nc2ccc(F)cc2)nnc1SCC(=O)NCc1ccc(F)cc1. The molecule has 0 spiro atoms. The van der Waals surface area contributed by atoms with E-state index in [1.165, 1.54) is 48.2 Å². The Labute approximate surface area is 187 Å². The molecule has 0 unspecified atom stereocenters. The van der Waals surface area contributed by atoms with E-state index in [0.29, 0.717) is 23.2 Å². The number of benzene rings is 2. The van der Waals surface area contributed by atoms with Crippen molar-refractivity contribution in [1.29, 1.82) is 0 Å². The molecule has 2 amide bonds. The summed E-state index contributed by atoms with van der Waals surface area (Å²) in [5.74, 6) is -0.765. The Hall–Kier alpha value is -3.53. The maximum absolute atomic E-state index is 13.0. The van der Waals surface area contributed by atoms with E-state index in [9.17, 15) is 18.4 Å². The third-order valence-electron chi connectivity index (χ3n) is 4.29. The molecule has 7 nitrogen and oxygen atoms in total. The van der Waals surface area contributed by atoms with E-state index in [2.05, 4.69) is 27.4 Å². The Balaban J connectivity index is 1.55. The third kappa shape index (κ3) is 6.74. The molecule has 3 rings (SSSR count). The van der Waals surface area contributed by atoms with Crippen molar-refractivity contribution >= 4 is 29.3 Å². The zero-order chi connectivity index (χ0) is 22.9. The molecule has 32 heavy (non-hydrogen) atoms. The summed E-state index contributed by atoms with van der Waals surface area (Å²) in [7, 11) is 0. The van der Waals surface area contributed by atoms with Crippen LogP contribution in [0.2, 0.25) is 0 Å². The summed E-state index contributed by atoms with van der Waals surface area (Å²) in [6.45, 7) is 4.36. The van der Waals surface area contributed by atoms with E-state index in [0.717, 1.165) is 5.56 Å². The number of rotatable bonds is 10. The molecule has 0 saturated carbocycles. The summed E-state index contributed by atoms with van der Waals surface area (Å²) in [5.41, 5.74) is 1.26. The first-order valence-electron chi connectivity index (χ1n) is 9.67. The van der Waals surface area contributed by atoms with Crippen LogP contribution in [0, 0.1) is 11.6 Å². The number of nitrogens with one attached hydrogen (secondary N) is 2. The topological polar surface area (TPSA) is 88.9 Å². The second-order valence-corrected chi connectivity index (χ2v) is 7.66. The van der Waals surface area contributed by atoms with E-state index in [-0.39, 0.29) is 36.4 Å². The monoisotopic (exact) mass is 457 g/mol. The van der Waals surface area contributed by atoms with Crippen LogP contribution in [0.15, 0.2) is 66.3 Å². The molecule has 0 aliphatic rings. The van der Waals surface area contributed by atoms with Crippen molar-refractivity contribution in [2.45, 2.75) is 24.7 Å². The van der Waals surface area contributed by atoms with Crippen LogP contribution < -0.4 is 10.6 Å². The zero-order valence-electron chi connectivity index (χ0n) is 17.1. The molecule has 0 bridgehead atoms. The van der Waals surface area contributed by atoms with Crippen LogP contribution in [-0.2, 0) is 29.1 Å². The number of hydrogen-bond acceptors (Lipinski definition) is 5. The van der Waals surface area contributed by atoms with Crippen LogP contribution >= 0.6 is 11.8 Å². The summed E-state index contributed by atoms with van der Waals surface area (Å²) < 4.78 is 27.7. The van der Waals surface area contributed by atoms with E-state index in [4.69, 9.17) is 0 Å². The second-order valence-electron chi connectivity index (χ2n) is 6.72. The van der Waals surface area contributed by atoms with Crippen molar-refractivity contribution < 1.29 is 18.4 Å². The van der Waals surface area contributed by atoms with Crippen LogP contribution in [0.3, 0.4) is 0 Å². The van der Waals surface area contributed by atoms with E-state index < -0.39 is 5.82 Å². The van der Waals surface area contributed by atoms with Gasteiger partial charge in [-0.1, -0.05) is 30.0 Å². The average Bonchev–Trinajstić information content (AvgIpc) is 3.15. The normalized spacial score (nSPS) is 10.6. The quantitative estimate of drug-likeness (QED) is 0.360. The van der Waals surface area contributed by atoms with Crippen molar-refractivity contribution in [2.24, 2.45) is 0 Å². The zero-order valence-corrected chi connectivity index (χ0v) is 17.9. The summed E-state index contributed by atoms with van der Waals surface area (Å²) in [6, 6.07) is 11.3. The van der Waals surface area contributed by atoms with Crippen molar-refractivity contribution in [3.63, 3.8) is 0 Å². The van der Waals surface area contributed by atoms with Gasteiger partial charge in [-0.2, -0.15) is 0 Å². The molecule has 1 heterocycles. The van der Waals surface area contributed by atoms with Crippen molar-refractivity contribution in [3.05, 3.63) is 84.2 Å². The number of thioether (sulfide) groups is 1. The van der Waals surface area contributed by atoms with Gasteiger partial charge in [0.05, 0.1) is 12.2 Å². The number of nitrogens with zero attached hydrogens (tertiary/aromatic N) is 3. The minimum Gasteiger partial charge on any atom is -0.351 e. The van der Waals surface area contributed by atoms with Gasteiger partial charge in [0.1, 0.15) is 17.5 Å². The van der Waals surface area contributed by atoms with Crippen molar-refractivity contribution in [2.75, 3.05) is 11.1 Å². The van der Waals surface area contributed by atoms with Gasteiger partial charge in [0.15, 0.2) is 5.16 Å². The largest absolute Gasteiger partial charge is 0.351 e. The van der Waals surface area contributed by atoms with Gasteiger partial charge < -0.3 is 15.2 Å². The van der Waals surface area contributed by atoms with Gasteiger partial charge in [-0.15, -0.1) is 16.8 Å². The lowest BCUT2D eigenvalue weighted by molar-refractivity contribution is -0.118. The fourth-order valence-electron chi connectivity index (χ4n) is 2.74. The standard InChI is InChI=1S/C22H21F2N5O2S/c1-2-11-29-19(12-20(30)26-18-9-7-17(24)8-10-18)27-28-22(29)32-14-21(31)25-13-15-3-5-16(23)6-4-15/h2-10H,1,11-14H2,(H,25,31)(H,26,30). The van der Waals surface area contributed by atoms with Gasteiger partial charge in [0.2, 0.25) is 11.8 Å². The first-order chi connectivity index (χ1) is 15.4. The number of hydrogen-bond donors (Lipinski definition) is 2. The molecule has 3 aromatic rings. The third-order valence-corrected chi connectivity index (χ3v) is 5.25. The molecule has 10 heteroatoms. The predicted molar refractivity (Wildman–Crippen MR) is 118 cm³/mol. The molecule has 0 aliphatic heterocycles. The Morgan fingerprint density at radius 2 is 1.66 bits per heavy atom. The molecule has 2 N–H and O–H groups in total. The number of carbonyl (C=O) groups is 2. The van der Waals surface area contributed by atoms with Gasteiger partial charge in [-0.3, -0.25) is 9.59 Å². The number of anilines is 1. The molecule has 0 aliphatic carbocycles. The fraction of sp³-hybridized carbons (Fsp3) is 0.182. The first-order valence-corrected chi connectivity index (χ1v) is 10.7. The Bertz CT molecular complexity index is 1080. The minimum atomic E-state index is -0.392. The molecular weight excluding hydrogens is 436 g/mol. The molecule has 0 radical (unpaired) electrons. The van der Waals surface area contributed by atoms with Gasteiger partial charge in [-0.05, 0) is 42.0 Å². The lowest BCUT2D eigenvalue weighted by atomic mass is 10.2. The molecule has 166 valence electrons. The average molecular weight is 458 g/mol. The van der Waals surface area contributed by atoms with E-state index >= 15 is 0 Å². The molecular formula is C22H21F2N5O2S. The highest BCUT2D eigenvalue weighted by Gasteiger charge is 2.16. The Kier molecular flexibility index (Phi) is 8.09. The maximum Gasteiger partial charge on any atom is 0.232 e. The number of carbonyl (C=O) groups excluding carboxylic acids is 2. The fourth-order valence-corrected chi connectivity index (χ4v) is 3.53. The first kappa shape index (κ1) is 23.1. The van der Waals surface area contributed by atoms with E-state index in [1.54, 1.807) is 22.8 Å². The van der Waals surface area contributed by atoms with Gasteiger partial charge in [0.25, 0.3) is 0 Å². The number of halogens is 2. The predicted octanol–water partition coefficient (Wildman–Crippen LogP) is 3.33. The highest BCUT2D eigenvalue weighted by Crippen LogP contribution is 2.18. The van der Waals surface area contributed by atoms with Gasteiger partial charge >= 0.3 is 0 Å². The molecule has 0 atom stereocenters. The van der Waals surface area contributed by atoms with Crippen LogP contribution in [0.4, 0.5) is 14.5 Å². The smallest absolute Gasteiger partial charge is 0.232 e. The van der Waals surface area contributed by atoms with Gasteiger partial charge in [0, 0.05) is 18.8 Å². The second kappa shape index (κ2) is 11.2. The highest BCUT2D eigenvalue weighted by atomic mass is 32.2. The van der Waals surface area contributed by atoms with Gasteiger partial charge in [-0.25, -0.2) is 8.78 Å². The lowest BCUT2D eigenvalue weighted by Crippen LogP contribution is -2.24. The Morgan fingerprint density at radius 3 is 2.31 bits per heavy atom. The Morgan fingerprint density at radius 1 is 1.00 bits per heavy atom. The lowest BCUT2D eigenvalue weighted by Gasteiger charge is -2.09. The number of aromatic nitrogens is 3. The number of allylic oxidation sites excluding steroid dienone is 1. The van der Waals surface area contributed by atoms with Crippen LogP contribution in [0.1, 0.15) is 11.4 Å². The van der Waals surface area contributed by atoms with Crippen molar-refractivity contribution in [3.8, 4) is 0 Å². The van der Waals surface area contributed by atoms with Crippen molar-refractivity contribution in [1.82, 2.24) is 20.1 Å². The molecule has 1 aromatic heterocycles. The highest BCUT2D eigenvalue weighted by molar-refractivity contribution is 7.99. The summed E-state index contributed by atoms with van der Waals surface area (Å²) in [6.07, 6.45) is 1.60. The molecule has 0 fully saturated rings. The van der Waals surface area contributed by atoms with Crippen LogP contribution in [0.25, 0.3) is 0 Å². The number of amides is 2. The summed E-state index contributed by atoms with van der Waals surface area (Å²) in [4.78, 5) is 24.5. The van der Waals surface area contributed by atoms with Crippen LogP contribution in [-0.4, -0.2) is 32.3 Å². The summed E-state index contributed by atoms with van der Waals surface area (Å²) in [5, 5.41) is 14.1. The minimum absolute atomic E-state index is 0.0461. The van der Waals surface area contributed by atoms with E-state index in [1.807, 2.05) is 0 Å². The molecule has 0 saturated heterocycles. The molecule has 2 aromatic carbocycles. The maximum atomic E-state index is 13.0. The summed E-state index contributed by atoms with van der Waals surface area (Å²) >= 11 is 1.18.